The van der Waals surface area contributed by atoms with Crippen LogP contribution in [0.2, 0.25) is 0 Å². The van der Waals surface area contributed by atoms with Crippen molar-refractivity contribution in [3.63, 3.8) is 0 Å². The molecule has 1 saturated carbocycles. The van der Waals surface area contributed by atoms with E-state index in [-0.39, 0.29) is 0 Å². The largest absolute Gasteiger partial charge is 0.320 e. The SMILES string of the molecule is CCC1CCC(N(C)CCCNC)CC1. The summed E-state index contributed by atoms with van der Waals surface area (Å²) in [6, 6.07) is 0.865. The van der Waals surface area contributed by atoms with Crippen molar-refractivity contribution < 1.29 is 0 Å². The molecule has 2 nitrogen and oxygen atoms in total. The number of nitrogens with one attached hydrogen (secondary N) is 1. The maximum absolute atomic E-state index is 3.22. The fourth-order valence-corrected chi connectivity index (χ4v) is 2.68. The predicted molar refractivity (Wildman–Crippen MR) is 67.2 cm³/mol. The van der Waals surface area contributed by atoms with E-state index in [1.165, 1.54) is 45.1 Å². The Balaban J connectivity index is 2.15. The molecule has 0 unspecified atom stereocenters. The van der Waals surface area contributed by atoms with Gasteiger partial charge in [0.25, 0.3) is 0 Å². The van der Waals surface area contributed by atoms with Crippen molar-refractivity contribution in [2.24, 2.45) is 5.92 Å². The van der Waals surface area contributed by atoms with Crippen LogP contribution in [0.4, 0.5) is 0 Å². The zero-order valence-corrected chi connectivity index (χ0v) is 10.8. The molecule has 1 fully saturated rings. The summed E-state index contributed by atoms with van der Waals surface area (Å²) in [4.78, 5) is 2.57. The minimum atomic E-state index is 0.865. The zero-order valence-electron chi connectivity index (χ0n) is 10.8. The van der Waals surface area contributed by atoms with E-state index in [0.717, 1.165) is 18.5 Å². The first-order valence-electron chi connectivity index (χ1n) is 6.62. The molecule has 0 aliphatic heterocycles. The first kappa shape index (κ1) is 13.0. The minimum absolute atomic E-state index is 0.865. The maximum Gasteiger partial charge on any atom is 0.00924 e. The van der Waals surface area contributed by atoms with Crippen LogP contribution in [0.5, 0.6) is 0 Å². The summed E-state index contributed by atoms with van der Waals surface area (Å²) in [5.74, 6) is 1.02. The summed E-state index contributed by atoms with van der Waals surface area (Å²) in [7, 11) is 4.33. The molecular formula is C13H28N2. The molecule has 1 rings (SSSR count). The minimum Gasteiger partial charge on any atom is -0.320 e. The van der Waals surface area contributed by atoms with Gasteiger partial charge in [0, 0.05) is 6.04 Å². The van der Waals surface area contributed by atoms with Gasteiger partial charge in [0.1, 0.15) is 0 Å². The summed E-state index contributed by atoms with van der Waals surface area (Å²) < 4.78 is 0. The van der Waals surface area contributed by atoms with Gasteiger partial charge in [-0.3, -0.25) is 0 Å². The van der Waals surface area contributed by atoms with Gasteiger partial charge in [0.15, 0.2) is 0 Å². The van der Waals surface area contributed by atoms with Gasteiger partial charge < -0.3 is 10.2 Å². The molecule has 90 valence electrons. The Morgan fingerprint density at radius 2 is 1.87 bits per heavy atom. The first-order valence-corrected chi connectivity index (χ1v) is 6.62. The standard InChI is InChI=1S/C13H28N2/c1-4-12-6-8-13(9-7-12)15(3)11-5-10-14-2/h12-14H,4-11H2,1-3H3. The molecule has 0 heterocycles. The van der Waals surface area contributed by atoms with Crippen LogP contribution in [-0.2, 0) is 0 Å². The molecular weight excluding hydrogens is 184 g/mol. The Hall–Kier alpha value is -0.0800. The van der Waals surface area contributed by atoms with E-state index in [1.807, 2.05) is 7.05 Å². The quantitative estimate of drug-likeness (QED) is 0.681. The molecule has 0 aromatic carbocycles. The van der Waals surface area contributed by atoms with Crippen LogP contribution in [-0.4, -0.2) is 38.1 Å². The van der Waals surface area contributed by atoms with Gasteiger partial charge in [-0.15, -0.1) is 0 Å². The van der Waals surface area contributed by atoms with Gasteiger partial charge in [0.05, 0.1) is 0 Å². The molecule has 0 atom stereocenters. The zero-order chi connectivity index (χ0) is 11.1. The summed E-state index contributed by atoms with van der Waals surface area (Å²) >= 11 is 0. The molecule has 0 spiro atoms. The Morgan fingerprint density at radius 3 is 2.40 bits per heavy atom. The molecule has 0 saturated heterocycles. The van der Waals surface area contributed by atoms with E-state index in [2.05, 4.69) is 24.2 Å². The van der Waals surface area contributed by atoms with Gasteiger partial charge >= 0.3 is 0 Å². The second-order valence-electron chi connectivity index (χ2n) is 5.02. The second-order valence-corrected chi connectivity index (χ2v) is 5.02. The highest BCUT2D eigenvalue weighted by molar-refractivity contribution is 4.77. The maximum atomic E-state index is 3.22. The lowest BCUT2D eigenvalue weighted by Gasteiger charge is -2.34. The van der Waals surface area contributed by atoms with Crippen LogP contribution in [0, 0.1) is 5.92 Å². The molecule has 1 aliphatic rings. The Kier molecular flexibility index (Phi) is 6.26. The highest BCUT2D eigenvalue weighted by Crippen LogP contribution is 2.28. The van der Waals surface area contributed by atoms with E-state index in [4.69, 9.17) is 0 Å². The highest BCUT2D eigenvalue weighted by Gasteiger charge is 2.22. The van der Waals surface area contributed by atoms with Crippen molar-refractivity contribution in [2.75, 3.05) is 27.2 Å². The van der Waals surface area contributed by atoms with Gasteiger partial charge in [-0.1, -0.05) is 13.3 Å². The molecule has 0 amide bonds. The van der Waals surface area contributed by atoms with Crippen molar-refractivity contribution in [1.82, 2.24) is 10.2 Å². The number of hydrogen-bond acceptors (Lipinski definition) is 2. The Labute approximate surface area is 95.4 Å². The summed E-state index contributed by atoms with van der Waals surface area (Å²) in [5.41, 5.74) is 0. The van der Waals surface area contributed by atoms with Gasteiger partial charge in [-0.25, -0.2) is 0 Å². The van der Waals surface area contributed by atoms with Gasteiger partial charge in [0.2, 0.25) is 0 Å². The second kappa shape index (κ2) is 7.24. The lowest BCUT2D eigenvalue weighted by atomic mass is 9.84. The van der Waals surface area contributed by atoms with Gasteiger partial charge in [-0.2, -0.15) is 0 Å². The predicted octanol–water partition coefficient (Wildman–Crippen LogP) is 2.50. The van der Waals surface area contributed by atoms with Gasteiger partial charge in [-0.05, 0) is 65.2 Å². The average molecular weight is 212 g/mol. The summed E-state index contributed by atoms with van der Waals surface area (Å²) in [6.07, 6.45) is 8.43. The molecule has 2 heteroatoms. The molecule has 1 aliphatic carbocycles. The summed E-state index contributed by atoms with van der Waals surface area (Å²) in [5, 5.41) is 3.22. The molecule has 0 radical (unpaired) electrons. The van der Waals surface area contributed by atoms with Crippen LogP contribution in [0.15, 0.2) is 0 Å². The van der Waals surface area contributed by atoms with Crippen molar-refractivity contribution >= 4 is 0 Å². The van der Waals surface area contributed by atoms with Crippen molar-refractivity contribution in [3.05, 3.63) is 0 Å². The third-order valence-electron chi connectivity index (χ3n) is 3.95. The molecule has 0 bridgehead atoms. The van der Waals surface area contributed by atoms with Crippen LogP contribution in [0.25, 0.3) is 0 Å². The van der Waals surface area contributed by atoms with E-state index in [0.29, 0.717) is 0 Å². The van der Waals surface area contributed by atoms with Crippen molar-refractivity contribution in [2.45, 2.75) is 51.5 Å². The lowest BCUT2D eigenvalue weighted by Crippen LogP contribution is -2.36. The van der Waals surface area contributed by atoms with Crippen LogP contribution >= 0.6 is 0 Å². The Bertz CT molecular complexity index is 151. The Morgan fingerprint density at radius 1 is 1.20 bits per heavy atom. The highest BCUT2D eigenvalue weighted by atomic mass is 15.1. The third kappa shape index (κ3) is 4.52. The molecule has 15 heavy (non-hydrogen) atoms. The first-order chi connectivity index (χ1) is 7.27. The van der Waals surface area contributed by atoms with E-state index < -0.39 is 0 Å². The van der Waals surface area contributed by atoms with Crippen LogP contribution < -0.4 is 5.32 Å². The van der Waals surface area contributed by atoms with E-state index in [9.17, 15) is 0 Å². The smallest absolute Gasteiger partial charge is 0.00924 e. The van der Waals surface area contributed by atoms with Crippen LogP contribution in [0.1, 0.15) is 45.4 Å². The number of rotatable bonds is 6. The average Bonchev–Trinajstić information content (AvgIpc) is 2.29. The van der Waals surface area contributed by atoms with Crippen LogP contribution in [0.3, 0.4) is 0 Å². The third-order valence-corrected chi connectivity index (χ3v) is 3.95. The summed E-state index contributed by atoms with van der Waals surface area (Å²) in [6.45, 7) is 4.73. The number of hydrogen-bond donors (Lipinski definition) is 1. The van der Waals surface area contributed by atoms with E-state index in [1.54, 1.807) is 0 Å². The topological polar surface area (TPSA) is 15.3 Å². The monoisotopic (exact) mass is 212 g/mol. The van der Waals surface area contributed by atoms with Crippen molar-refractivity contribution in [3.8, 4) is 0 Å². The fraction of sp³-hybridized carbons (Fsp3) is 1.00. The number of nitrogens with zero attached hydrogens (tertiary/aromatic N) is 1. The molecule has 1 N–H and O–H groups in total. The van der Waals surface area contributed by atoms with Crippen molar-refractivity contribution in [1.29, 1.82) is 0 Å². The normalized spacial score (nSPS) is 27.2. The fourth-order valence-electron chi connectivity index (χ4n) is 2.68. The molecule has 0 aromatic heterocycles. The lowest BCUT2D eigenvalue weighted by molar-refractivity contribution is 0.162. The van der Waals surface area contributed by atoms with E-state index >= 15 is 0 Å². The molecule has 0 aromatic rings.